The first-order valence-electron chi connectivity index (χ1n) is 14.6. The number of nitro benzene ring substituents is 1. The maximum atomic E-state index is 14.5. The molecule has 1 fully saturated rings. The molecule has 0 bridgehead atoms. The van der Waals surface area contributed by atoms with E-state index in [4.69, 9.17) is 21.9 Å². The van der Waals surface area contributed by atoms with Gasteiger partial charge in [0.05, 0.1) is 39.2 Å². The third kappa shape index (κ3) is 4.20. The molecule has 15 nitrogen and oxygen atoms in total. The number of benzene rings is 2. The van der Waals surface area contributed by atoms with Gasteiger partial charge in [-0.25, -0.2) is 0 Å². The van der Waals surface area contributed by atoms with E-state index >= 15 is 0 Å². The van der Waals surface area contributed by atoms with E-state index in [1.165, 1.54) is 43.3 Å². The van der Waals surface area contributed by atoms with E-state index in [1.807, 2.05) is 6.08 Å². The Labute approximate surface area is 272 Å². The van der Waals surface area contributed by atoms with E-state index in [9.17, 15) is 45.1 Å². The molecule has 0 aliphatic heterocycles. The molecular formula is C33H30N6O9. The van der Waals surface area contributed by atoms with Gasteiger partial charge in [-0.1, -0.05) is 18.2 Å². The van der Waals surface area contributed by atoms with E-state index in [1.54, 1.807) is 24.3 Å². The Bertz CT molecular complexity index is 2060. The maximum Gasteiger partial charge on any atom is 0.270 e. The number of phenols is 1. The summed E-state index contributed by atoms with van der Waals surface area (Å²) < 4.78 is 6.21. The number of likely N-dealkylation sites (N-methyl/N-ethyl adjacent to an activating group) is 1. The molecule has 4 atom stereocenters. The Balaban J connectivity index is 1.48. The molecule has 6 rings (SSSR count). The number of fused-ring (bicyclic) bond motifs is 3. The van der Waals surface area contributed by atoms with Crippen LogP contribution in [-0.2, 0) is 20.8 Å². The van der Waals surface area contributed by atoms with Gasteiger partial charge in [0.1, 0.15) is 34.3 Å². The summed E-state index contributed by atoms with van der Waals surface area (Å²) in [7, 11) is 2.87. The van der Waals surface area contributed by atoms with Gasteiger partial charge in [-0.05, 0) is 56.3 Å². The first-order chi connectivity index (χ1) is 22.5. The van der Waals surface area contributed by atoms with Crippen LogP contribution in [-0.4, -0.2) is 73.8 Å². The summed E-state index contributed by atoms with van der Waals surface area (Å²) in [5.74, 6) is -5.56. The fraction of sp³-hybridized carbons (Fsp3) is 0.273. The zero-order chi connectivity index (χ0) is 35.1. The lowest BCUT2D eigenvalue weighted by Crippen LogP contribution is -2.80. The number of primary amides is 1. The van der Waals surface area contributed by atoms with Crippen molar-refractivity contribution in [3.8, 4) is 17.6 Å². The van der Waals surface area contributed by atoms with Crippen molar-refractivity contribution in [2.45, 2.75) is 36.4 Å². The molecule has 0 unspecified atom stereocenters. The molecule has 2 aromatic carbocycles. The van der Waals surface area contributed by atoms with Gasteiger partial charge in [0.25, 0.3) is 11.6 Å². The van der Waals surface area contributed by atoms with Gasteiger partial charge in [0, 0.05) is 24.1 Å². The zero-order valence-electron chi connectivity index (χ0n) is 25.7. The Hall–Kier alpha value is -5.82. The van der Waals surface area contributed by atoms with Crippen molar-refractivity contribution in [1.29, 1.82) is 5.26 Å². The number of carbonyl (C=O) groups excluding carboxylic acids is 3. The topological polar surface area (TPSA) is 269 Å². The second kappa shape index (κ2) is 10.6. The lowest BCUT2D eigenvalue weighted by atomic mass is 9.47. The van der Waals surface area contributed by atoms with Gasteiger partial charge < -0.3 is 37.3 Å². The van der Waals surface area contributed by atoms with E-state index in [0.717, 1.165) is 0 Å². The number of ketones is 2. The minimum atomic E-state index is -2.77. The lowest BCUT2D eigenvalue weighted by molar-refractivity contribution is -0.384. The number of aromatic hydroxyl groups is 1. The van der Waals surface area contributed by atoms with Crippen LogP contribution < -0.4 is 21.9 Å². The third-order valence-electron chi connectivity index (χ3n) is 9.56. The summed E-state index contributed by atoms with van der Waals surface area (Å²) in [5, 5.41) is 55.7. The number of carbonyl (C=O) groups is 3. The molecule has 0 radical (unpaired) electrons. The molecule has 0 saturated heterocycles. The summed E-state index contributed by atoms with van der Waals surface area (Å²) in [6.45, 7) is 0. The van der Waals surface area contributed by atoms with Gasteiger partial charge in [0.2, 0.25) is 0 Å². The smallest absolute Gasteiger partial charge is 0.270 e. The van der Waals surface area contributed by atoms with Gasteiger partial charge in [-0.15, -0.1) is 0 Å². The average Bonchev–Trinajstić information content (AvgIpc) is 3.46. The Morgan fingerprint density at radius 1 is 1.17 bits per heavy atom. The molecule has 246 valence electrons. The number of aliphatic hydroxyl groups excluding tert-OH is 2. The van der Waals surface area contributed by atoms with Gasteiger partial charge in [-0.3, -0.25) is 29.4 Å². The SMILES string of the molecule is CN(C)[C@@H]1C(=O)C(C(N)=O)=C(O)[C@@]2(C#N)C(=O)C3=C(O)c4c(O)ccc(OC5=CC(c6cccc([N+](=O)[O-])c6)=CC5)c4C[C@@]3(N)C[C@@]12N. The number of rotatable bonds is 6. The molecule has 0 aromatic heterocycles. The average molecular weight is 655 g/mol. The number of nitriles is 1. The van der Waals surface area contributed by atoms with Crippen LogP contribution in [0.5, 0.6) is 11.5 Å². The van der Waals surface area contributed by atoms with Gasteiger partial charge in [0.15, 0.2) is 17.0 Å². The summed E-state index contributed by atoms with van der Waals surface area (Å²) in [6, 6.07) is 8.94. The largest absolute Gasteiger partial charge is 0.509 e. The zero-order valence-corrected chi connectivity index (χ0v) is 25.7. The molecule has 0 spiro atoms. The Morgan fingerprint density at radius 2 is 1.88 bits per heavy atom. The standard InChI is InChI=1S/C33H30N6O9/c1-38(2)27-26(42)23(30(35)45)28(43)32(14-34)29(44)24-25(41)22-19(12-31(24,36)13-33(27,32)37)21(9-8-20(22)40)48-18-7-6-16(11-18)15-4-3-5-17(10-15)39(46)47/h3-6,8-11,27,40-41,43H,7,12-13,36-37H2,1-2H3,(H2,35,45)/t27-,31-,32+,33-/m1/s1. The maximum absolute atomic E-state index is 14.5. The number of Topliss-reactive ketones (excluding diaryl/α,β-unsaturated/α-hetero) is 2. The highest BCUT2D eigenvalue weighted by molar-refractivity contribution is 6.25. The first-order valence-corrected chi connectivity index (χ1v) is 14.6. The summed E-state index contributed by atoms with van der Waals surface area (Å²) in [6.07, 6.45) is 2.98. The molecule has 1 amide bonds. The van der Waals surface area contributed by atoms with Crippen LogP contribution in [0.15, 0.2) is 71.2 Å². The molecule has 48 heavy (non-hydrogen) atoms. The normalized spacial score (nSPS) is 27.9. The lowest BCUT2D eigenvalue weighted by Gasteiger charge is -2.58. The van der Waals surface area contributed by atoms with E-state index < -0.39 is 79.8 Å². The number of nitrogens with two attached hydrogens (primary N) is 3. The minimum absolute atomic E-state index is 0.0824. The van der Waals surface area contributed by atoms with Gasteiger partial charge >= 0.3 is 0 Å². The predicted molar refractivity (Wildman–Crippen MR) is 169 cm³/mol. The molecular weight excluding hydrogens is 624 g/mol. The monoisotopic (exact) mass is 654 g/mol. The van der Waals surface area contributed by atoms with Crippen LogP contribution in [0, 0.1) is 26.9 Å². The number of nitro groups is 1. The quantitative estimate of drug-likeness (QED) is 0.147. The second-order valence-corrected chi connectivity index (χ2v) is 12.6. The van der Waals surface area contributed by atoms with E-state index in [-0.39, 0.29) is 29.0 Å². The molecule has 9 N–H and O–H groups in total. The predicted octanol–water partition coefficient (Wildman–Crippen LogP) is 1.56. The van der Waals surface area contributed by atoms with Crippen LogP contribution in [0.4, 0.5) is 5.69 Å². The Kier molecular flexibility index (Phi) is 7.10. The molecule has 15 heteroatoms. The number of phenolic OH excluding ortho intramolecular Hbond substituents is 1. The fourth-order valence-electron chi connectivity index (χ4n) is 7.61. The summed E-state index contributed by atoms with van der Waals surface area (Å²) >= 11 is 0. The highest BCUT2D eigenvalue weighted by atomic mass is 16.6. The van der Waals surface area contributed by atoms with Crippen molar-refractivity contribution in [2.75, 3.05) is 14.1 Å². The summed E-state index contributed by atoms with van der Waals surface area (Å²) in [5.41, 5.74) is 12.0. The van der Waals surface area contributed by atoms with Crippen molar-refractivity contribution in [2.24, 2.45) is 22.6 Å². The highest BCUT2D eigenvalue weighted by Gasteiger charge is 2.74. The second-order valence-electron chi connectivity index (χ2n) is 12.6. The van der Waals surface area contributed by atoms with E-state index in [2.05, 4.69) is 0 Å². The van der Waals surface area contributed by atoms with Crippen LogP contribution in [0.1, 0.15) is 29.5 Å². The Morgan fingerprint density at radius 3 is 2.50 bits per heavy atom. The van der Waals surface area contributed by atoms with Crippen molar-refractivity contribution in [1.82, 2.24) is 4.90 Å². The van der Waals surface area contributed by atoms with Crippen molar-refractivity contribution < 1.29 is 39.4 Å². The number of hydrogen-bond acceptors (Lipinski definition) is 13. The number of nitrogens with zero attached hydrogens (tertiary/aromatic N) is 3. The van der Waals surface area contributed by atoms with Crippen molar-refractivity contribution in [3.63, 3.8) is 0 Å². The molecule has 4 aliphatic rings. The van der Waals surface area contributed by atoms with Crippen LogP contribution in [0.3, 0.4) is 0 Å². The number of amides is 1. The minimum Gasteiger partial charge on any atom is -0.509 e. The number of allylic oxidation sites excluding steroid dienone is 3. The number of aliphatic hydroxyl groups is 2. The number of hydrogen-bond donors (Lipinski definition) is 6. The summed E-state index contributed by atoms with van der Waals surface area (Å²) in [4.78, 5) is 52.5. The van der Waals surface area contributed by atoms with Gasteiger partial charge in [-0.2, -0.15) is 5.26 Å². The van der Waals surface area contributed by atoms with Crippen molar-refractivity contribution >= 4 is 34.5 Å². The molecule has 1 saturated carbocycles. The van der Waals surface area contributed by atoms with Crippen molar-refractivity contribution in [3.05, 3.63) is 98.0 Å². The highest BCUT2D eigenvalue weighted by Crippen LogP contribution is 2.59. The van der Waals surface area contributed by atoms with Crippen LogP contribution in [0.25, 0.3) is 11.3 Å². The number of ether oxygens (including phenoxy) is 1. The van der Waals surface area contributed by atoms with Crippen LogP contribution >= 0.6 is 0 Å². The fourth-order valence-corrected chi connectivity index (χ4v) is 7.61. The van der Waals surface area contributed by atoms with E-state index in [0.29, 0.717) is 23.3 Å². The first kappa shape index (κ1) is 32.1. The molecule has 4 aliphatic carbocycles. The molecule has 2 aromatic rings. The third-order valence-corrected chi connectivity index (χ3v) is 9.56. The number of non-ortho nitro benzene ring substituents is 1. The molecule has 0 heterocycles. The van der Waals surface area contributed by atoms with Crippen LogP contribution in [0.2, 0.25) is 0 Å².